The minimum Gasteiger partial charge on any atom is -0.455 e. The van der Waals surface area contributed by atoms with Crippen molar-refractivity contribution in [3.63, 3.8) is 0 Å². The van der Waals surface area contributed by atoms with Crippen LogP contribution in [0.2, 0.25) is 0 Å². The van der Waals surface area contributed by atoms with Crippen LogP contribution < -0.4 is 4.90 Å². The molecule has 0 radical (unpaired) electrons. The number of hydrogen-bond acceptors (Lipinski definition) is 2. The Balaban J connectivity index is 0.957. The minimum absolute atomic E-state index is 0.531. The maximum Gasteiger partial charge on any atom is 0.143 e. The summed E-state index contributed by atoms with van der Waals surface area (Å²) in [7, 11) is 0. The van der Waals surface area contributed by atoms with E-state index in [1.54, 1.807) is 0 Å². The Morgan fingerprint density at radius 1 is 0.338 bits per heavy atom. The summed E-state index contributed by atoms with van der Waals surface area (Å²) in [6, 6.07) is 93.0. The topological polar surface area (TPSA) is 21.3 Å². The molecule has 0 N–H and O–H groups in total. The molecule has 0 bridgehead atoms. The number of furan rings is 1. The lowest BCUT2D eigenvalue weighted by molar-refractivity contribution is 0.674. The first-order valence-electron chi connectivity index (χ1n) is 23.4. The molecule has 0 unspecified atom stereocenters. The normalized spacial score (nSPS) is 12.8. The average Bonchev–Trinajstić information content (AvgIpc) is 4.07. The molecule has 0 amide bonds. The van der Waals surface area contributed by atoms with Crippen molar-refractivity contribution < 1.29 is 4.42 Å². The highest BCUT2D eigenvalue weighted by molar-refractivity contribution is 6.17. The van der Waals surface area contributed by atoms with Crippen LogP contribution in [0.25, 0.3) is 82.5 Å². The largest absolute Gasteiger partial charge is 0.455 e. The molecule has 11 aromatic carbocycles. The molecule has 0 aliphatic heterocycles. The van der Waals surface area contributed by atoms with Gasteiger partial charge in [-0.25, -0.2) is 0 Å². The van der Waals surface area contributed by atoms with E-state index in [9.17, 15) is 0 Å². The van der Waals surface area contributed by atoms with Gasteiger partial charge in [-0.1, -0.05) is 188 Å². The standard InChI is InChI=1S/C65H42N2O/c1-3-17-45(18-4-1)65(46-19-5-2-6-20-46)59-27-12-9-22-53(59)54-41-39-50(42-60(54)65)66(48-35-37-49(38-36-48)67-61-28-13-10-23-55(61)56-24-11-14-29-62(56)67)47-33-30-44(31-34-47)52-25-15-26-57-58-40-32-43-16-7-8-21-51(43)64(58)68-63(52)57/h1-42H. The van der Waals surface area contributed by atoms with Gasteiger partial charge in [0.2, 0.25) is 0 Å². The van der Waals surface area contributed by atoms with Gasteiger partial charge >= 0.3 is 0 Å². The summed E-state index contributed by atoms with van der Waals surface area (Å²) in [6.45, 7) is 0. The highest BCUT2D eigenvalue weighted by atomic mass is 16.3. The van der Waals surface area contributed by atoms with E-state index in [1.807, 2.05) is 0 Å². The van der Waals surface area contributed by atoms with Crippen LogP contribution >= 0.6 is 0 Å². The molecular weight excluding hydrogens is 825 g/mol. The molecule has 0 atom stereocenters. The molecule has 2 heterocycles. The molecule has 0 spiro atoms. The van der Waals surface area contributed by atoms with Gasteiger partial charge in [0.15, 0.2) is 0 Å². The number of benzene rings is 11. The average molecular weight is 867 g/mol. The van der Waals surface area contributed by atoms with Gasteiger partial charge in [-0.15, -0.1) is 0 Å². The highest BCUT2D eigenvalue weighted by Gasteiger charge is 2.46. The fraction of sp³-hybridized carbons (Fsp3) is 0.0154. The number of para-hydroxylation sites is 3. The summed E-state index contributed by atoms with van der Waals surface area (Å²) >= 11 is 0. The highest BCUT2D eigenvalue weighted by Crippen LogP contribution is 2.57. The molecule has 3 nitrogen and oxygen atoms in total. The van der Waals surface area contributed by atoms with Gasteiger partial charge in [0.05, 0.1) is 16.4 Å². The van der Waals surface area contributed by atoms with Crippen LogP contribution in [0.15, 0.2) is 259 Å². The summed E-state index contributed by atoms with van der Waals surface area (Å²) in [5.41, 5.74) is 17.7. The van der Waals surface area contributed by atoms with Gasteiger partial charge in [0.25, 0.3) is 0 Å². The number of anilines is 3. The number of aromatic nitrogens is 1. The fourth-order valence-corrected chi connectivity index (χ4v) is 11.5. The molecular formula is C65H42N2O. The van der Waals surface area contributed by atoms with Gasteiger partial charge in [-0.2, -0.15) is 0 Å². The zero-order valence-electron chi connectivity index (χ0n) is 37.1. The predicted molar refractivity (Wildman–Crippen MR) is 283 cm³/mol. The second-order valence-corrected chi connectivity index (χ2v) is 18.0. The summed E-state index contributed by atoms with van der Waals surface area (Å²) < 4.78 is 9.20. The van der Waals surface area contributed by atoms with Crippen LogP contribution in [-0.2, 0) is 5.41 Å². The van der Waals surface area contributed by atoms with Crippen LogP contribution in [0.5, 0.6) is 0 Å². The van der Waals surface area contributed by atoms with E-state index in [-0.39, 0.29) is 0 Å². The number of fused-ring (bicyclic) bond motifs is 11. The monoisotopic (exact) mass is 866 g/mol. The van der Waals surface area contributed by atoms with E-state index in [4.69, 9.17) is 4.42 Å². The molecule has 14 rings (SSSR count). The molecule has 0 saturated heterocycles. The molecule has 3 heteroatoms. The SMILES string of the molecule is c1ccc(C2(c3ccccc3)c3ccccc3-c3ccc(N(c4ccc(-c5cccc6c5oc5c7ccccc7ccc65)cc4)c4ccc(-n5c6ccccc6c6ccccc65)cc4)cc32)cc1. The van der Waals surface area contributed by atoms with E-state index in [2.05, 4.69) is 264 Å². The third kappa shape index (κ3) is 5.60. The van der Waals surface area contributed by atoms with Crippen molar-refractivity contribution in [2.45, 2.75) is 5.41 Å². The van der Waals surface area contributed by atoms with Crippen molar-refractivity contribution in [2.24, 2.45) is 0 Å². The van der Waals surface area contributed by atoms with Crippen LogP contribution in [-0.4, -0.2) is 4.57 Å². The second-order valence-electron chi connectivity index (χ2n) is 18.0. The first-order chi connectivity index (χ1) is 33.7. The van der Waals surface area contributed by atoms with Crippen molar-refractivity contribution in [1.29, 1.82) is 0 Å². The lowest BCUT2D eigenvalue weighted by Crippen LogP contribution is -2.28. The van der Waals surface area contributed by atoms with E-state index in [0.717, 1.165) is 61.2 Å². The second kappa shape index (κ2) is 15.1. The molecule has 2 aromatic heterocycles. The van der Waals surface area contributed by atoms with Gasteiger partial charge in [-0.05, 0) is 111 Å². The first-order valence-corrected chi connectivity index (χ1v) is 23.4. The quantitative estimate of drug-likeness (QED) is 0.159. The zero-order valence-corrected chi connectivity index (χ0v) is 37.1. The van der Waals surface area contributed by atoms with Gasteiger partial charge in [0.1, 0.15) is 11.2 Å². The van der Waals surface area contributed by atoms with Gasteiger partial charge < -0.3 is 13.9 Å². The maximum atomic E-state index is 6.81. The van der Waals surface area contributed by atoms with Crippen molar-refractivity contribution >= 4 is 71.6 Å². The minimum atomic E-state index is -0.531. The van der Waals surface area contributed by atoms with E-state index >= 15 is 0 Å². The van der Waals surface area contributed by atoms with Crippen molar-refractivity contribution in [2.75, 3.05) is 4.90 Å². The number of rotatable bonds is 7. The van der Waals surface area contributed by atoms with Crippen LogP contribution in [0.4, 0.5) is 17.1 Å². The van der Waals surface area contributed by atoms with E-state index in [0.29, 0.717) is 0 Å². The maximum absolute atomic E-state index is 6.81. The Bertz CT molecular complexity index is 3980. The van der Waals surface area contributed by atoms with Crippen LogP contribution in [0.3, 0.4) is 0 Å². The van der Waals surface area contributed by atoms with Crippen molar-refractivity contribution in [1.82, 2.24) is 4.57 Å². The van der Waals surface area contributed by atoms with Crippen molar-refractivity contribution in [3.05, 3.63) is 277 Å². The summed E-state index contributed by atoms with van der Waals surface area (Å²) in [5, 5.41) is 7.06. The predicted octanol–water partition coefficient (Wildman–Crippen LogP) is 17.3. The smallest absolute Gasteiger partial charge is 0.143 e. The van der Waals surface area contributed by atoms with Crippen LogP contribution in [0.1, 0.15) is 22.3 Å². The Labute approximate surface area is 394 Å². The molecule has 1 aliphatic rings. The molecule has 1 aliphatic carbocycles. The zero-order chi connectivity index (χ0) is 44.8. The summed E-state index contributed by atoms with van der Waals surface area (Å²) in [5.74, 6) is 0. The molecule has 68 heavy (non-hydrogen) atoms. The Morgan fingerprint density at radius 2 is 0.868 bits per heavy atom. The number of hydrogen-bond donors (Lipinski definition) is 0. The molecule has 0 fully saturated rings. The first kappa shape index (κ1) is 38.4. The van der Waals surface area contributed by atoms with Gasteiger partial charge in [0, 0.05) is 55.2 Å². The van der Waals surface area contributed by atoms with Crippen molar-refractivity contribution in [3.8, 4) is 27.9 Å². The molecule has 13 aromatic rings. The lowest BCUT2D eigenvalue weighted by atomic mass is 9.67. The van der Waals surface area contributed by atoms with Gasteiger partial charge in [-0.3, -0.25) is 0 Å². The third-order valence-electron chi connectivity index (χ3n) is 14.5. The number of nitrogens with zero attached hydrogens (tertiary/aromatic N) is 2. The Kier molecular flexibility index (Phi) is 8.50. The summed E-state index contributed by atoms with van der Waals surface area (Å²) in [6.07, 6.45) is 0. The molecule has 318 valence electrons. The van der Waals surface area contributed by atoms with Crippen LogP contribution in [0, 0.1) is 0 Å². The lowest BCUT2D eigenvalue weighted by Gasteiger charge is -2.35. The molecule has 0 saturated carbocycles. The fourth-order valence-electron chi connectivity index (χ4n) is 11.5. The van der Waals surface area contributed by atoms with E-state index in [1.165, 1.54) is 60.6 Å². The Morgan fingerprint density at radius 3 is 1.57 bits per heavy atom. The third-order valence-corrected chi connectivity index (χ3v) is 14.5. The van der Waals surface area contributed by atoms with E-state index < -0.39 is 5.41 Å². The Hall–Kier alpha value is -8.92. The summed E-state index contributed by atoms with van der Waals surface area (Å²) in [4.78, 5) is 2.41.